The molecule has 0 spiro atoms. The summed E-state index contributed by atoms with van der Waals surface area (Å²) in [5, 5.41) is 1.39. The third kappa shape index (κ3) is 3.77. The predicted molar refractivity (Wildman–Crippen MR) is 127 cm³/mol. The zero-order valence-electron chi connectivity index (χ0n) is 18.7. The van der Waals surface area contributed by atoms with Crippen molar-refractivity contribution < 1.29 is 27.8 Å². The third-order valence-corrected chi connectivity index (χ3v) is 5.54. The number of methoxy groups -OCH3 is 2. The largest absolute Gasteiger partial charge is 0.497 e. The molecule has 170 valence electrons. The third-order valence-electron chi connectivity index (χ3n) is 5.54. The lowest BCUT2D eigenvalue weighted by atomic mass is 10.0. The molecule has 0 atom stereocenters. The zero-order chi connectivity index (χ0) is 23.8. The molecule has 0 aliphatic heterocycles. The van der Waals surface area contributed by atoms with Crippen molar-refractivity contribution in [3.63, 3.8) is 0 Å². The lowest BCUT2D eigenvalue weighted by Gasteiger charge is -2.11. The van der Waals surface area contributed by atoms with E-state index in [1.54, 1.807) is 56.5 Å². The SMILES string of the molecule is COc1cccc(C(=O)Oc2cc3c(-c4cc5cccc(OC)c5o4)cc(=O)oc3cc2C)c1. The van der Waals surface area contributed by atoms with E-state index in [-0.39, 0.29) is 0 Å². The Morgan fingerprint density at radius 2 is 1.68 bits per heavy atom. The molecule has 34 heavy (non-hydrogen) atoms. The first-order chi connectivity index (χ1) is 16.5. The van der Waals surface area contributed by atoms with E-state index in [1.807, 2.05) is 18.2 Å². The van der Waals surface area contributed by atoms with Crippen LogP contribution in [0.15, 0.2) is 80.4 Å². The molecule has 3 aromatic carbocycles. The van der Waals surface area contributed by atoms with Crippen LogP contribution in [-0.2, 0) is 0 Å². The summed E-state index contributed by atoms with van der Waals surface area (Å²) in [6.45, 7) is 1.77. The molecule has 2 aromatic heterocycles. The second-order valence-electron chi connectivity index (χ2n) is 7.70. The summed E-state index contributed by atoms with van der Waals surface area (Å²) in [6, 6.07) is 18.8. The molecule has 5 rings (SSSR count). The van der Waals surface area contributed by atoms with Crippen molar-refractivity contribution in [2.24, 2.45) is 0 Å². The van der Waals surface area contributed by atoms with Crippen molar-refractivity contribution in [2.75, 3.05) is 14.2 Å². The van der Waals surface area contributed by atoms with Gasteiger partial charge in [-0.05, 0) is 55.0 Å². The molecule has 0 saturated heterocycles. The number of fused-ring (bicyclic) bond motifs is 2. The number of ether oxygens (including phenoxy) is 3. The fourth-order valence-electron chi connectivity index (χ4n) is 3.84. The van der Waals surface area contributed by atoms with E-state index in [9.17, 15) is 9.59 Å². The minimum absolute atomic E-state index is 0.337. The lowest BCUT2D eigenvalue weighted by Crippen LogP contribution is -2.09. The Bertz CT molecular complexity index is 1610. The van der Waals surface area contributed by atoms with Crippen LogP contribution in [0.1, 0.15) is 15.9 Å². The quantitative estimate of drug-likeness (QED) is 0.189. The van der Waals surface area contributed by atoms with Crippen LogP contribution in [0.4, 0.5) is 0 Å². The lowest BCUT2D eigenvalue weighted by molar-refractivity contribution is 0.0733. The molecule has 5 aromatic rings. The van der Waals surface area contributed by atoms with Crippen LogP contribution in [0.25, 0.3) is 33.3 Å². The molecule has 2 heterocycles. The Morgan fingerprint density at radius 3 is 2.47 bits per heavy atom. The highest BCUT2D eigenvalue weighted by molar-refractivity contribution is 5.98. The molecule has 0 radical (unpaired) electrons. The maximum absolute atomic E-state index is 12.8. The average Bonchev–Trinajstić information content (AvgIpc) is 3.28. The summed E-state index contributed by atoms with van der Waals surface area (Å²) >= 11 is 0. The van der Waals surface area contributed by atoms with Gasteiger partial charge in [-0.2, -0.15) is 0 Å². The first-order valence-corrected chi connectivity index (χ1v) is 10.5. The topological polar surface area (TPSA) is 88.1 Å². The van der Waals surface area contributed by atoms with E-state index in [2.05, 4.69) is 0 Å². The average molecular weight is 456 g/mol. The molecule has 0 fully saturated rings. The Kier molecular flexibility index (Phi) is 5.30. The molecular formula is C27H20O7. The first kappa shape index (κ1) is 21.3. The van der Waals surface area contributed by atoms with Gasteiger partial charge in [0.25, 0.3) is 0 Å². The van der Waals surface area contributed by atoms with Crippen LogP contribution >= 0.6 is 0 Å². The van der Waals surface area contributed by atoms with Gasteiger partial charge >= 0.3 is 11.6 Å². The number of rotatable bonds is 5. The van der Waals surface area contributed by atoms with E-state index < -0.39 is 11.6 Å². The van der Waals surface area contributed by atoms with Crippen molar-refractivity contribution in [2.45, 2.75) is 6.92 Å². The van der Waals surface area contributed by atoms with Gasteiger partial charge in [0.05, 0.1) is 19.8 Å². The van der Waals surface area contributed by atoms with Crippen molar-refractivity contribution in [1.82, 2.24) is 0 Å². The van der Waals surface area contributed by atoms with Gasteiger partial charge in [0.15, 0.2) is 11.3 Å². The highest BCUT2D eigenvalue weighted by Crippen LogP contribution is 2.37. The van der Waals surface area contributed by atoms with Gasteiger partial charge in [-0.3, -0.25) is 0 Å². The molecule has 0 N–H and O–H groups in total. The van der Waals surface area contributed by atoms with Gasteiger partial charge < -0.3 is 23.0 Å². The zero-order valence-corrected chi connectivity index (χ0v) is 18.7. The molecule has 7 heteroatoms. The number of hydrogen-bond donors (Lipinski definition) is 0. The maximum atomic E-state index is 12.8. The van der Waals surface area contributed by atoms with Gasteiger partial charge in [-0.25, -0.2) is 9.59 Å². The first-order valence-electron chi connectivity index (χ1n) is 10.5. The van der Waals surface area contributed by atoms with E-state index in [0.29, 0.717) is 56.3 Å². The molecule has 0 bridgehead atoms. The number of esters is 1. The van der Waals surface area contributed by atoms with Crippen LogP contribution in [0, 0.1) is 6.92 Å². The van der Waals surface area contributed by atoms with Crippen LogP contribution in [0.3, 0.4) is 0 Å². The Labute approximate surface area is 194 Å². The summed E-state index contributed by atoms with van der Waals surface area (Å²) in [5.41, 5.74) is 1.91. The Hall–Kier alpha value is -4.52. The summed E-state index contributed by atoms with van der Waals surface area (Å²) in [5.74, 6) is 1.40. The maximum Gasteiger partial charge on any atom is 0.343 e. The van der Waals surface area contributed by atoms with Crippen LogP contribution < -0.4 is 19.8 Å². The van der Waals surface area contributed by atoms with E-state index in [0.717, 1.165) is 5.39 Å². The Balaban J connectivity index is 1.62. The number of hydrogen-bond acceptors (Lipinski definition) is 7. The van der Waals surface area contributed by atoms with Crippen molar-refractivity contribution in [1.29, 1.82) is 0 Å². The van der Waals surface area contributed by atoms with Gasteiger partial charge in [0, 0.05) is 22.4 Å². The van der Waals surface area contributed by atoms with Gasteiger partial charge in [-0.15, -0.1) is 0 Å². The second kappa shape index (κ2) is 8.44. The van der Waals surface area contributed by atoms with Crippen molar-refractivity contribution in [3.05, 3.63) is 88.3 Å². The highest BCUT2D eigenvalue weighted by atomic mass is 16.5. The van der Waals surface area contributed by atoms with Crippen LogP contribution in [0.5, 0.6) is 17.2 Å². The predicted octanol–water partition coefficient (Wildman–Crippen LogP) is 5.75. The highest BCUT2D eigenvalue weighted by Gasteiger charge is 2.18. The van der Waals surface area contributed by atoms with E-state index in [4.69, 9.17) is 23.0 Å². The minimum Gasteiger partial charge on any atom is -0.497 e. The van der Waals surface area contributed by atoms with Gasteiger partial charge in [0.2, 0.25) is 0 Å². The van der Waals surface area contributed by atoms with Crippen molar-refractivity contribution >= 4 is 27.9 Å². The van der Waals surface area contributed by atoms with Gasteiger partial charge in [-0.1, -0.05) is 18.2 Å². The number of carbonyl (C=O) groups excluding carboxylic acids is 1. The number of carbonyl (C=O) groups is 1. The smallest absolute Gasteiger partial charge is 0.343 e. The minimum atomic E-state index is -0.534. The van der Waals surface area contributed by atoms with E-state index >= 15 is 0 Å². The summed E-state index contributed by atoms with van der Waals surface area (Å²) in [4.78, 5) is 25.1. The summed E-state index contributed by atoms with van der Waals surface area (Å²) < 4.78 is 27.7. The van der Waals surface area contributed by atoms with E-state index in [1.165, 1.54) is 13.2 Å². The molecule has 0 unspecified atom stereocenters. The monoisotopic (exact) mass is 456 g/mol. The molecule has 0 amide bonds. The van der Waals surface area contributed by atoms with Crippen LogP contribution in [0.2, 0.25) is 0 Å². The normalized spacial score (nSPS) is 11.0. The number of para-hydroxylation sites is 1. The standard InChI is InChI=1S/C27H20O7/c1-15-10-23-19(13-22(15)34-27(29)17-7-4-8-18(11-17)30-2)20(14-25(28)32-23)24-12-16-6-5-9-21(31-3)26(16)33-24/h4-14H,1-3H3. The fourth-order valence-corrected chi connectivity index (χ4v) is 3.84. The number of aryl methyl sites for hydroxylation is 1. The molecule has 0 aliphatic rings. The number of benzene rings is 3. The second-order valence-corrected chi connectivity index (χ2v) is 7.70. The molecular weight excluding hydrogens is 436 g/mol. The Morgan fingerprint density at radius 1 is 0.853 bits per heavy atom. The van der Waals surface area contributed by atoms with Crippen molar-refractivity contribution in [3.8, 4) is 28.6 Å². The van der Waals surface area contributed by atoms with Crippen LogP contribution in [-0.4, -0.2) is 20.2 Å². The fraction of sp³-hybridized carbons (Fsp3) is 0.111. The molecule has 0 aliphatic carbocycles. The van der Waals surface area contributed by atoms with Gasteiger partial charge in [0.1, 0.15) is 22.8 Å². The summed E-state index contributed by atoms with van der Waals surface area (Å²) in [7, 11) is 3.09. The molecule has 7 nitrogen and oxygen atoms in total. The summed E-state index contributed by atoms with van der Waals surface area (Å²) in [6.07, 6.45) is 0. The number of furan rings is 1. The molecule has 0 saturated carbocycles.